The van der Waals surface area contributed by atoms with Crippen LogP contribution in [0.2, 0.25) is 0 Å². The standard InChI is InChI=1S/C27H21BrFNO5S/c1-2-34-24-13-17(7-12-23(24)35-16-19-5-3-4-6-21(19)29)14-25-26(32)30(27(33)36-25)15-22(31)18-8-10-20(28)11-9-18/h3-14H,2,15-16H2,1H3/b25-14+. The van der Waals surface area contributed by atoms with E-state index in [0.717, 1.165) is 21.1 Å². The minimum absolute atomic E-state index is 0.0252. The van der Waals surface area contributed by atoms with E-state index in [1.165, 1.54) is 6.07 Å². The number of nitrogens with zero attached hydrogens (tertiary/aromatic N) is 1. The Kier molecular flexibility index (Phi) is 8.22. The van der Waals surface area contributed by atoms with Crippen LogP contribution in [0.3, 0.4) is 0 Å². The molecule has 3 aromatic rings. The van der Waals surface area contributed by atoms with Crippen LogP contribution in [-0.4, -0.2) is 35.0 Å². The number of thioether (sulfide) groups is 1. The molecule has 6 nitrogen and oxygen atoms in total. The molecule has 4 rings (SSSR count). The van der Waals surface area contributed by atoms with Crippen molar-refractivity contribution in [3.63, 3.8) is 0 Å². The number of rotatable bonds is 9. The summed E-state index contributed by atoms with van der Waals surface area (Å²) in [6, 6.07) is 18.1. The molecule has 0 atom stereocenters. The summed E-state index contributed by atoms with van der Waals surface area (Å²) >= 11 is 4.08. The summed E-state index contributed by atoms with van der Waals surface area (Å²) in [6.07, 6.45) is 1.57. The number of ether oxygens (including phenoxy) is 2. The maximum Gasteiger partial charge on any atom is 0.293 e. The first-order valence-corrected chi connectivity index (χ1v) is 12.6. The largest absolute Gasteiger partial charge is 0.490 e. The number of carbonyl (C=O) groups is 3. The van der Waals surface area contributed by atoms with Crippen molar-refractivity contribution in [1.82, 2.24) is 4.90 Å². The number of halogens is 2. The van der Waals surface area contributed by atoms with Gasteiger partial charge < -0.3 is 9.47 Å². The number of benzene rings is 3. The predicted molar refractivity (Wildman–Crippen MR) is 139 cm³/mol. The number of ketones is 1. The first kappa shape index (κ1) is 25.7. The second-order valence-corrected chi connectivity index (χ2v) is 9.63. The molecular weight excluding hydrogens is 549 g/mol. The molecule has 3 aromatic carbocycles. The Morgan fingerprint density at radius 3 is 2.50 bits per heavy atom. The highest BCUT2D eigenvalue weighted by Gasteiger charge is 2.36. The average Bonchev–Trinajstić information content (AvgIpc) is 3.12. The van der Waals surface area contributed by atoms with Gasteiger partial charge in [0.15, 0.2) is 17.3 Å². The number of hydrogen-bond acceptors (Lipinski definition) is 6. The second kappa shape index (κ2) is 11.5. The van der Waals surface area contributed by atoms with Crippen LogP contribution in [-0.2, 0) is 11.4 Å². The molecule has 1 saturated heterocycles. The van der Waals surface area contributed by atoms with Crippen molar-refractivity contribution in [3.8, 4) is 11.5 Å². The van der Waals surface area contributed by atoms with E-state index in [1.54, 1.807) is 66.7 Å². The van der Waals surface area contributed by atoms with Crippen molar-refractivity contribution in [2.24, 2.45) is 0 Å². The van der Waals surface area contributed by atoms with Crippen LogP contribution in [0.4, 0.5) is 9.18 Å². The van der Waals surface area contributed by atoms with Crippen LogP contribution in [0.5, 0.6) is 11.5 Å². The van der Waals surface area contributed by atoms with Crippen LogP contribution in [0.25, 0.3) is 6.08 Å². The summed E-state index contributed by atoms with van der Waals surface area (Å²) in [4.78, 5) is 39.0. The molecule has 0 saturated carbocycles. The topological polar surface area (TPSA) is 72.9 Å². The molecule has 1 heterocycles. The van der Waals surface area contributed by atoms with E-state index in [0.29, 0.717) is 34.8 Å². The molecule has 0 N–H and O–H groups in total. The highest BCUT2D eigenvalue weighted by molar-refractivity contribution is 9.10. The average molecular weight is 570 g/mol. The number of Topliss-reactive ketones (excluding diaryl/α,β-unsaturated/α-hetero) is 1. The maximum absolute atomic E-state index is 13.9. The molecule has 1 fully saturated rings. The minimum Gasteiger partial charge on any atom is -0.490 e. The van der Waals surface area contributed by atoms with Gasteiger partial charge in [-0.25, -0.2) is 4.39 Å². The monoisotopic (exact) mass is 569 g/mol. The van der Waals surface area contributed by atoms with Crippen LogP contribution < -0.4 is 9.47 Å². The fourth-order valence-electron chi connectivity index (χ4n) is 3.43. The van der Waals surface area contributed by atoms with E-state index < -0.39 is 11.1 Å². The van der Waals surface area contributed by atoms with Gasteiger partial charge in [-0.05, 0) is 60.7 Å². The normalized spacial score (nSPS) is 14.4. The number of carbonyl (C=O) groups excluding carboxylic acids is 3. The fourth-order valence-corrected chi connectivity index (χ4v) is 4.53. The van der Waals surface area contributed by atoms with E-state index in [4.69, 9.17) is 9.47 Å². The van der Waals surface area contributed by atoms with Gasteiger partial charge in [-0.1, -0.05) is 52.3 Å². The highest BCUT2D eigenvalue weighted by Crippen LogP contribution is 2.35. The Balaban J connectivity index is 1.49. The molecule has 0 radical (unpaired) electrons. The van der Waals surface area contributed by atoms with Crippen LogP contribution >= 0.6 is 27.7 Å². The zero-order chi connectivity index (χ0) is 25.7. The lowest BCUT2D eigenvalue weighted by atomic mass is 10.1. The van der Waals surface area contributed by atoms with Crippen molar-refractivity contribution in [2.75, 3.05) is 13.2 Å². The van der Waals surface area contributed by atoms with E-state index in [9.17, 15) is 18.8 Å². The third-order valence-electron chi connectivity index (χ3n) is 5.25. The Morgan fingerprint density at radius 2 is 1.78 bits per heavy atom. The van der Waals surface area contributed by atoms with Crippen molar-refractivity contribution in [1.29, 1.82) is 0 Å². The van der Waals surface area contributed by atoms with Gasteiger partial charge in [-0.15, -0.1) is 0 Å². The predicted octanol–water partition coefficient (Wildman–Crippen LogP) is 6.49. The summed E-state index contributed by atoms with van der Waals surface area (Å²) < 4.78 is 26.2. The lowest BCUT2D eigenvalue weighted by Crippen LogP contribution is -2.33. The molecule has 0 aromatic heterocycles. The van der Waals surface area contributed by atoms with Crippen molar-refractivity contribution >= 4 is 50.7 Å². The van der Waals surface area contributed by atoms with Crippen LogP contribution in [0.15, 0.2) is 76.1 Å². The van der Waals surface area contributed by atoms with Gasteiger partial charge in [0.25, 0.3) is 11.1 Å². The number of imide groups is 1. The minimum atomic E-state index is -0.534. The van der Waals surface area contributed by atoms with Gasteiger partial charge in [0.2, 0.25) is 0 Å². The van der Waals surface area contributed by atoms with E-state index in [2.05, 4.69) is 15.9 Å². The molecule has 1 aliphatic heterocycles. The van der Waals surface area contributed by atoms with Crippen molar-refractivity contribution in [2.45, 2.75) is 13.5 Å². The summed E-state index contributed by atoms with van der Waals surface area (Å²) in [5.74, 6) is -0.381. The molecule has 1 aliphatic rings. The molecule has 36 heavy (non-hydrogen) atoms. The lowest BCUT2D eigenvalue weighted by Gasteiger charge is -2.13. The molecule has 184 valence electrons. The first-order chi connectivity index (χ1) is 17.4. The zero-order valence-corrected chi connectivity index (χ0v) is 21.6. The zero-order valence-electron chi connectivity index (χ0n) is 19.2. The molecular formula is C27H21BrFNO5S. The van der Waals surface area contributed by atoms with Crippen LogP contribution in [0, 0.1) is 5.82 Å². The molecule has 0 aliphatic carbocycles. The third-order valence-corrected chi connectivity index (χ3v) is 6.68. The highest BCUT2D eigenvalue weighted by atomic mass is 79.9. The fraction of sp³-hybridized carbons (Fsp3) is 0.148. The van der Waals surface area contributed by atoms with Gasteiger partial charge in [-0.2, -0.15) is 0 Å². The van der Waals surface area contributed by atoms with Crippen LogP contribution in [0.1, 0.15) is 28.4 Å². The quantitative estimate of drug-likeness (QED) is 0.217. The van der Waals surface area contributed by atoms with E-state index >= 15 is 0 Å². The summed E-state index contributed by atoms with van der Waals surface area (Å²) in [5, 5.41) is -0.508. The third kappa shape index (κ3) is 6.03. The van der Waals surface area contributed by atoms with E-state index in [1.807, 2.05) is 6.92 Å². The summed E-state index contributed by atoms with van der Waals surface area (Å²) in [7, 11) is 0. The summed E-state index contributed by atoms with van der Waals surface area (Å²) in [6.45, 7) is 1.88. The first-order valence-electron chi connectivity index (χ1n) is 11.0. The Bertz CT molecular complexity index is 1340. The van der Waals surface area contributed by atoms with Crippen molar-refractivity contribution in [3.05, 3.63) is 98.6 Å². The molecule has 0 bridgehead atoms. The lowest BCUT2D eigenvalue weighted by molar-refractivity contribution is -0.122. The Morgan fingerprint density at radius 1 is 1.03 bits per heavy atom. The Hall–Kier alpha value is -3.43. The van der Waals surface area contributed by atoms with Crippen molar-refractivity contribution < 1.29 is 28.2 Å². The summed E-state index contributed by atoms with van der Waals surface area (Å²) in [5.41, 5.74) is 1.44. The SMILES string of the molecule is CCOc1cc(/C=C2/SC(=O)N(CC(=O)c3ccc(Br)cc3)C2=O)ccc1OCc1ccccc1F. The van der Waals surface area contributed by atoms with Gasteiger partial charge in [-0.3, -0.25) is 19.3 Å². The number of amides is 2. The van der Waals surface area contributed by atoms with Gasteiger partial charge in [0.1, 0.15) is 12.4 Å². The van der Waals surface area contributed by atoms with Gasteiger partial charge >= 0.3 is 0 Å². The molecule has 0 spiro atoms. The molecule has 9 heteroatoms. The molecule has 2 amide bonds. The maximum atomic E-state index is 13.9. The van der Waals surface area contributed by atoms with Gasteiger partial charge in [0, 0.05) is 15.6 Å². The van der Waals surface area contributed by atoms with E-state index in [-0.39, 0.29) is 29.7 Å². The smallest absolute Gasteiger partial charge is 0.293 e. The van der Waals surface area contributed by atoms with Gasteiger partial charge in [0.05, 0.1) is 18.1 Å². The second-order valence-electron chi connectivity index (χ2n) is 7.72. The molecule has 0 unspecified atom stereocenters. The number of hydrogen-bond donors (Lipinski definition) is 0. The Labute approximate surface area is 220 Å².